The van der Waals surface area contributed by atoms with Crippen molar-refractivity contribution >= 4 is 0 Å². The van der Waals surface area contributed by atoms with Gasteiger partial charge in [0.2, 0.25) is 0 Å². The Hall–Kier alpha value is -1.81. The first-order chi connectivity index (χ1) is 9.90. The van der Waals surface area contributed by atoms with Crippen molar-refractivity contribution in [3.8, 4) is 5.75 Å². The van der Waals surface area contributed by atoms with E-state index in [-0.39, 0.29) is 0 Å². The molecule has 1 unspecified atom stereocenters. The van der Waals surface area contributed by atoms with Crippen LogP contribution in [0, 0.1) is 5.92 Å². The third-order valence-electron chi connectivity index (χ3n) is 3.73. The fraction of sp³-hybridized carbons (Fsp3) is 0.438. The molecule has 3 rings (SSSR count). The molecule has 1 aromatic carbocycles. The average molecular weight is 271 g/mol. The van der Waals surface area contributed by atoms with Gasteiger partial charge in [0.15, 0.2) is 5.75 Å². The van der Waals surface area contributed by atoms with Crippen molar-refractivity contribution < 1.29 is 4.74 Å². The minimum absolute atomic E-state index is 0.641. The number of nitrogens with one attached hydrogen (secondary N) is 1. The van der Waals surface area contributed by atoms with E-state index in [9.17, 15) is 0 Å². The first kappa shape index (κ1) is 13.2. The number of aryl methyl sites for hydroxylation is 2. The molecule has 1 saturated heterocycles. The number of ether oxygens (including phenoxy) is 1. The van der Waals surface area contributed by atoms with E-state index in [4.69, 9.17) is 4.74 Å². The summed E-state index contributed by atoms with van der Waals surface area (Å²) in [7, 11) is 0. The zero-order chi connectivity index (χ0) is 13.6. The molecule has 0 bridgehead atoms. The largest absolute Gasteiger partial charge is 0.490 e. The maximum atomic E-state index is 5.80. The Labute approximate surface area is 119 Å². The zero-order valence-electron chi connectivity index (χ0n) is 11.7. The molecule has 0 spiro atoms. The maximum absolute atomic E-state index is 5.80. The molecule has 2 aromatic rings. The number of benzene rings is 1. The number of nitrogens with zero attached hydrogens (tertiary/aromatic N) is 2. The van der Waals surface area contributed by atoms with Crippen LogP contribution in [-0.2, 0) is 13.0 Å². The van der Waals surface area contributed by atoms with Gasteiger partial charge in [0.1, 0.15) is 0 Å². The smallest absolute Gasteiger partial charge is 0.157 e. The van der Waals surface area contributed by atoms with E-state index in [0.29, 0.717) is 5.92 Å². The predicted octanol–water partition coefficient (Wildman–Crippen LogP) is 2.11. The van der Waals surface area contributed by atoms with Gasteiger partial charge in [0.25, 0.3) is 0 Å². The van der Waals surface area contributed by atoms with Crippen LogP contribution in [0.4, 0.5) is 0 Å². The van der Waals surface area contributed by atoms with Crippen LogP contribution in [0.2, 0.25) is 0 Å². The lowest BCUT2D eigenvalue weighted by Crippen LogP contribution is -2.15. The van der Waals surface area contributed by atoms with Crippen LogP contribution in [0.15, 0.2) is 42.7 Å². The summed E-state index contributed by atoms with van der Waals surface area (Å²) in [6.45, 7) is 3.86. The Morgan fingerprint density at radius 2 is 2.20 bits per heavy atom. The maximum Gasteiger partial charge on any atom is 0.157 e. The van der Waals surface area contributed by atoms with Gasteiger partial charge in [-0.2, -0.15) is 5.10 Å². The van der Waals surface area contributed by atoms with Gasteiger partial charge >= 0.3 is 0 Å². The van der Waals surface area contributed by atoms with Crippen molar-refractivity contribution in [1.82, 2.24) is 15.1 Å². The summed E-state index contributed by atoms with van der Waals surface area (Å²) in [4.78, 5) is 0. The Balaban J connectivity index is 1.46. The van der Waals surface area contributed by atoms with Gasteiger partial charge < -0.3 is 10.1 Å². The molecule has 1 aliphatic rings. The fourth-order valence-electron chi connectivity index (χ4n) is 2.50. The van der Waals surface area contributed by atoms with Crippen molar-refractivity contribution in [1.29, 1.82) is 0 Å². The minimum Gasteiger partial charge on any atom is -0.490 e. The molecule has 4 nitrogen and oxygen atoms in total. The lowest BCUT2D eigenvalue weighted by Gasteiger charge is -2.08. The molecule has 1 fully saturated rings. The van der Waals surface area contributed by atoms with Crippen molar-refractivity contribution in [3.05, 3.63) is 48.3 Å². The lowest BCUT2D eigenvalue weighted by molar-refractivity contribution is 0.260. The third kappa shape index (κ3) is 3.61. The van der Waals surface area contributed by atoms with E-state index in [1.807, 2.05) is 23.1 Å². The number of aromatic nitrogens is 2. The van der Waals surface area contributed by atoms with E-state index in [2.05, 4.69) is 34.7 Å². The Morgan fingerprint density at radius 3 is 3.00 bits per heavy atom. The molecule has 0 radical (unpaired) electrons. The molecular weight excluding hydrogens is 250 g/mol. The highest BCUT2D eigenvalue weighted by atomic mass is 16.5. The van der Waals surface area contributed by atoms with Gasteiger partial charge in [-0.15, -0.1) is 0 Å². The van der Waals surface area contributed by atoms with Crippen LogP contribution in [0.3, 0.4) is 0 Å². The van der Waals surface area contributed by atoms with E-state index in [1.54, 1.807) is 0 Å². The quantitative estimate of drug-likeness (QED) is 0.874. The third-order valence-corrected chi connectivity index (χ3v) is 3.73. The minimum atomic E-state index is 0.641. The van der Waals surface area contributed by atoms with Crippen molar-refractivity contribution in [2.45, 2.75) is 19.4 Å². The van der Waals surface area contributed by atoms with Crippen LogP contribution in [0.5, 0.6) is 5.75 Å². The Kier molecular flexibility index (Phi) is 4.33. The first-order valence-corrected chi connectivity index (χ1v) is 7.30. The molecule has 4 heteroatoms. The molecular formula is C16H21N3O. The monoisotopic (exact) mass is 271 g/mol. The molecule has 1 atom stereocenters. The molecule has 0 amide bonds. The lowest BCUT2D eigenvalue weighted by atomic mass is 10.1. The van der Waals surface area contributed by atoms with Crippen LogP contribution in [-0.4, -0.2) is 29.5 Å². The molecule has 2 heterocycles. The molecule has 1 N–H and O–H groups in total. The van der Waals surface area contributed by atoms with E-state index < -0.39 is 0 Å². The molecule has 106 valence electrons. The standard InChI is InChI=1S/C16H21N3O/c1-2-4-14(5-3-1)7-9-19-12-16(11-18-19)20-13-15-6-8-17-10-15/h1-5,11-12,15,17H,6-10,13H2. The number of rotatable bonds is 6. The van der Waals surface area contributed by atoms with Gasteiger partial charge in [-0.25, -0.2) is 0 Å². The van der Waals surface area contributed by atoms with Gasteiger partial charge in [-0.3, -0.25) is 4.68 Å². The highest BCUT2D eigenvalue weighted by Crippen LogP contribution is 2.13. The highest BCUT2D eigenvalue weighted by molar-refractivity contribution is 5.15. The van der Waals surface area contributed by atoms with Crippen molar-refractivity contribution in [3.63, 3.8) is 0 Å². The Bertz CT molecular complexity index is 518. The summed E-state index contributed by atoms with van der Waals surface area (Å²) in [5, 5.41) is 7.70. The topological polar surface area (TPSA) is 39.1 Å². The summed E-state index contributed by atoms with van der Waals surface area (Å²) in [5.41, 5.74) is 1.34. The molecule has 1 aliphatic heterocycles. The molecule has 0 saturated carbocycles. The normalized spacial score (nSPS) is 18.3. The second-order valence-electron chi connectivity index (χ2n) is 5.34. The highest BCUT2D eigenvalue weighted by Gasteiger charge is 2.15. The van der Waals surface area contributed by atoms with E-state index in [0.717, 1.165) is 38.4 Å². The van der Waals surface area contributed by atoms with Crippen LogP contribution in [0.1, 0.15) is 12.0 Å². The van der Waals surface area contributed by atoms with Crippen molar-refractivity contribution in [2.24, 2.45) is 5.92 Å². The van der Waals surface area contributed by atoms with E-state index in [1.165, 1.54) is 12.0 Å². The van der Waals surface area contributed by atoms with Gasteiger partial charge in [-0.05, 0) is 24.9 Å². The van der Waals surface area contributed by atoms with Gasteiger partial charge in [-0.1, -0.05) is 30.3 Å². The SMILES string of the molecule is c1ccc(CCn2cc(OCC3CCNC3)cn2)cc1. The number of hydrogen-bond acceptors (Lipinski definition) is 3. The molecule has 1 aromatic heterocycles. The van der Waals surface area contributed by atoms with Crippen LogP contribution < -0.4 is 10.1 Å². The second kappa shape index (κ2) is 6.57. The first-order valence-electron chi connectivity index (χ1n) is 7.30. The number of hydrogen-bond donors (Lipinski definition) is 1. The van der Waals surface area contributed by atoms with Gasteiger partial charge in [0, 0.05) is 19.0 Å². The predicted molar refractivity (Wildman–Crippen MR) is 78.8 cm³/mol. The average Bonchev–Trinajstić information content (AvgIpc) is 3.16. The summed E-state index contributed by atoms with van der Waals surface area (Å²) in [6.07, 6.45) is 6.01. The molecule has 0 aliphatic carbocycles. The Morgan fingerprint density at radius 1 is 1.30 bits per heavy atom. The second-order valence-corrected chi connectivity index (χ2v) is 5.34. The summed E-state index contributed by atoms with van der Waals surface area (Å²) >= 11 is 0. The van der Waals surface area contributed by atoms with Crippen LogP contribution in [0.25, 0.3) is 0 Å². The van der Waals surface area contributed by atoms with E-state index >= 15 is 0 Å². The van der Waals surface area contributed by atoms with Crippen molar-refractivity contribution in [2.75, 3.05) is 19.7 Å². The fourth-order valence-corrected chi connectivity index (χ4v) is 2.50. The van der Waals surface area contributed by atoms with Gasteiger partial charge in [0.05, 0.1) is 19.0 Å². The summed E-state index contributed by atoms with van der Waals surface area (Å²) < 4.78 is 7.75. The summed E-state index contributed by atoms with van der Waals surface area (Å²) in [5.74, 6) is 1.52. The van der Waals surface area contributed by atoms with Crippen LogP contribution >= 0.6 is 0 Å². The molecule has 20 heavy (non-hydrogen) atoms. The zero-order valence-corrected chi connectivity index (χ0v) is 11.7. The summed E-state index contributed by atoms with van der Waals surface area (Å²) in [6, 6.07) is 10.5.